The molecular formula is C9H17F2NO2. The van der Waals surface area contributed by atoms with Crippen molar-refractivity contribution < 1.29 is 19.0 Å². The van der Waals surface area contributed by atoms with Crippen molar-refractivity contribution in [3.8, 4) is 0 Å². The van der Waals surface area contributed by atoms with Gasteiger partial charge in [-0.3, -0.25) is 0 Å². The molecule has 5 heteroatoms. The highest BCUT2D eigenvalue weighted by atomic mass is 19.3. The Bertz CT molecular complexity index is 184. The Balaban J connectivity index is 2.31. The normalized spacial score (nSPS) is 34.5. The lowest BCUT2D eigenvalue weighted by atomic mass is 9.90. The van der Waals surface area contributed by atoms with E-state index >= 15 is 0 Å². The molecule has 0 amide bonds. The summed E-state index contributed by atoms with van der Waals surface area (Å²) >= 11 is 0. The number of hydrogen-bond acceptors (Lipinski definition) is 3. The van der Waals surface area contributed by atoms with Crippen molar-refractivity contribution in [3.05, 3.63) is 0 Å². The minimum atomic E-state index is -2.75. The zero-order chi connectivity index (χ0) is 10.8. The first kappa shape index (κ1) is 11.8. The number of aliphatic hydroxyl groups is 2. The second kappa shape index (κ2) is 4.51. The first-order valence-corrected chi connectivity index (χ1v) is 4.86. The van der Waals surface area contributed by atoms with Crippen LogP contribution in [-0.4, -0.2) is 40.9 Å². The van der Waals surface area contributed by atoms with Crippen molar-refractivity contribution in [2.45, 2.75) is 50.4 Å². The molecule has 1 aliphatic rings. The van der Waals surface area contributed by atoms with Crippen LogP contribution in [0.5, 0.6) is 0 Å². The Morgan fingerprint density at radius 1 is 1.36 bits per heavy atom. The van der Waals surface area contributed by atoms with Crippen LogP contribution in [0.15, 0.2) is 0 Å². The van der Waals surface area contributed by atoms with Gasteiger partial charge in [0.1, 0.15) is 0 Å². The molecule has 14 heavy (non-hydrogen) atoms. The van der Waals surface area contributed by atoms with Crippen LogP contribution in [0, 0.1) is 0 Å². The van der Waals surface area contributed by atoms with Crippen LogP contribution in [0.3, 0.4) is 0 Å². The second-order valence-corrected chi connectivity index (χ2v) is 4.09. The Morgan fingerprint density at radius 2 is 2.00 bits per heavy atom. The van der Waals surface area contributed by atoms with Crippen molar-refractivity contribution in [1.82, 2.24) is 5.32 Å². The van der Waals surface area contributed by atoms with Crippen molar-refractivity contribution in [1.29, 1.82) is 0 Å². The second-order valence-electron chi connectivity index (χ2n) is 4.09. The highest BCUT2D eigenvalue weighted by molar-refractivity contribution is 4.85. The van der Waals surface area contributed by atoms with Crippen molar-refractivity contribution >= 4 is 0 Å². The van der Waals surface area contributed by atoms with Gasteiger partial charge in [0.15, 0.2) is 0 Å². The van der Waals surface area contributed by atoms with E-state index < -0.39 is 24.7 Å². The molecule has 0 bridgehead atoms. The summed E-state index contributed by atoms with van der Waals surface area (Å²) in [6.45, 7) is 0.412. The Kier molecular flexibility index (Phi) is 3.80. The molecule has 1 saturated carbocycles. The first-order chi connectivity index (χ1) is 6.38. The van der Waals surface area contributed by atoms with E-state index in [2.05, 4.69) is 5.32 Å². The summed E-state index contributed by atoms with van der Waals surface area (Å²) in [6, 6.07) is -0.316. The molecule has 3 unspecified atom stereocenters. The smallest absolute Gasteiger partial charge is 0.257 e. The Labute approximate surface area is 82.1 Å². The minimum absolute atomic E-state index is 0.271. The zero-order valence-corrected chi connectivity index (χ0v) is 8.21. The van der Waals surface area contributed by atoms with Crippen LogP contribution in [-0.2, 0) is 0 Å². The molecule has 0 heterocycles. The van der Waals surface area contributed by atoms with Gasteiger partial charge in [0.05, 0.1) is 18.8 Å². The van der Waals surface area contributed by atoms with E-state index in [9.17, 15) is 19.0 Å². The molecule has 0 spiro atoms. The maximum Gasteiger partial charge on any atom is 0.257 e. The van der Waals surface area contributed by atoms with Gasteiger partial charge in [0, 0.05) is 19.4 Å². The summed E-state index contributed by atoms with van der Waals surface area (Å²) in [5.74, 6) is -2.75. The molecule has 84 valence electrons. The van der Waals surface area contributed by atoms with Gasteiger partial charge in [0.25, 0.3) is 5.92 Å². The number of halogens is 2. The van der Waals surface area contributed by atoms with E-state index in [0.717, 1.165) is 6.92 Å². The van der Waals surface area contributed by atoms with Gasteiger partial charge >= 0.3 is 0 Å². The fourth-order valence-electron chi connectivity index (χ4n) is 1.67. The van der Waals surface area contributed by atoms with E-state index in [1.165, 1.54) is 0 Å². The zero-order valence-electron chi connectivity index (χ0n) is 8.21. The molecule has 0 aromatic carbocycles. The summed E-state index contributed by atoms with van der Waals surface area (Å²) in [6.07, 6.45) is 0.154. The SMILES string of the molecule is CC(F)(F)CNC1CCC(O)CC1O. The summed E-state index contributed by atoms with van der Waals surface area (Å²) in [5, 5.41) is 21.3. The Morgan fingerprint density at radius 3 is 2.50 bits per heavy atom. The molecule has 3 nitrogen and oxygen atoms in total. The van der Waals surface area contributed by atoms with Crippen molar-refractivity contribution in [2.75, 3.05) is 6.54 Å². The van der Waals surface area contributed by atoms with E-state index in [-0.39, 0.29) is 12.5 Å². The standard InChI is InChI=1S/C9H17F2NO2/c1-9(10,11)5-12-7-3-2-6(13)4-8(7)14/h6-8,12-14H,2-5H2,1H3. The number of hydrogen-bond donors (Lipinski definition) is 3. The summed E-state index contributed by atoms with van der Waals surface area (Å²) < 4.78 is 25.0. The van der Waals surface area contributed by atoms with Gasteiger partial charge in [-0.25, -0.2) is 8.78 Å². The molecule has 0 saturated heterocycles. The molecule has 1 fully saturated rings. The fourth-order valence-corrected chi connectivity index (χ4v) is 1.67. The number of alkyl halides is 2. The van der Waals surface area contributed by atoms with Gasteiger partial charge in [-0.15, -0.1) is 0 Å². The third-order valence-corrected chi connectivity index (χ3v) is 2.46. The van der Waals surface area contributed by atoms with E-state index in [4.69, 9.17) is 0 Å². The van der Waals surface area contributed by atoms with Crippen LogP contribution >= 0.6 is 0 Å². The largest absolute Gasteiger partial charge is 0.393 e. The lowest BCUT2D eigenvalue weighted by Crippen LogP contribution is -2.48. The van der Waals surface area contributed by atoms with E-state index in [0.29, 0.717) is 12.8 Å². The molecule has 0 radical (unpaired) electrons. The third kappa shape index (κ3) is 3.86. The number of nitrogens with one attached hydrogen (secondary N) is 1. The minimum Gasteiger partial charge on any atom is -0.393 e. The fraction of sp³-hybridized carbons (Fsp3) is 1.00. The quantitative estimate of drug-likeness (QED) is 0.634. The highest BCUT2D eigenvalue weighted by Gasteiger charge is 2.30. The third-order valence-electron chi connectivity index (χ3n) is 2.46. The monoisotopic (exact) mass is 209 g/mol. The average molecular weight is 209 g/mol. The van der Waals surface area contributed by atoms with Gasteiger partial charge < -0.3 is 15.5 Å². The molecule has 0 aliphatic heterocycles. The Hall–Kier alpha value is -0.260. The molecule has 0 aromatic heterocycles. The summed E-state index contributed by atoms with van der Waals surface area (Å²) in [5.41, 5.74) is 0. The molecule has 3 atom stereocenters. The van der Waals surface area contributed by atoms with Crippen LogP contribution in [0.25, 0.3) is 0 Å². The summed E-state index contributed by atoms with van der Waals surface area (Å²) in [4.78, 5) is 0. The molecule has 1 aliphatic carbocycles. The predicted octanol–water partition coefficient (Wildman–Crippen LogP) is 0.506. The van der Waals surface area contributed by atoms with Crippen LogP contribution in [0.1, 0.15) is 26.2 Å². The maximum absolute atomic E-state index is 12.5. The molecular weight excluding hydrogens is 192 g/mol. The van der Waals surface area contributed by atoms with Gasteiger partial charge in [-0.1, -0.05) is 0 Å². The highest BCUT2D eigenvalue weighted by Crippen LogP contribution is 2.20. The molecule has 0 aromatic rings. The van der Waals surface area contributed by atoms with Crippen molar-refractivity contribution in [3.63, 3.8) is 0 Å². The van der Waals surface area contributed by atoms with Crippen molar-refractivity contribution in [2.24, 2.45) is 0 Å². The van der Waals surface area contributed by atoms with E-state index in [1.807, 2.05) is 0 Å². The van der Waals surface area contributed by atoms with Crippen LogP contribution in [0.2, 0.25) is 0 Å². The lowest BCUT2D eigenvalue weighted by Gasteiger charge is -2.32. The molecule has 1 rings (SSSR count). The number of aliphatic hydroxyl groups excluding tert-OH is 2. The van der Waals surface area contributed by atoms with Crippen LogP contribution < -0.4 is 5.32 Å². The summed E-state index contributed by atoms with van der Waals surface area (Å²) in [7, 11) is 0. The topological polar surface area (TPSA) is 52.5 Å². The van der Waals surface area contributed by atoms with Gasteiger partial charge in [0.2, 0.25) is 0 Å². The average Bonchev–Trinajstić information content (AvgIpc) is 2.00. The van der Waals surface area contributed by atoms with Gasteiger partial charge in [-0.05, 0) is 12.8 Å². The number of rotatable bonds is 3. The van der Waals surface area contributed by atoms with Gasteiger partial charge in [-0.2, -0.15) is 0 Å². The molecule has 3 N–H and O–H groups in total. The van der Waals surface area contributed by atoms with E-state index in [1.54, 1.807) is 0 Å². The first-order valence-electron chi connectivity index (χ1n) is 4.86. The maximum atomic E-state index is 12.5. The van der Waals surface area contributed by atoms with Crippen LogP contribution in [0.4, 0.5) is 8.78 Å². The lowest BCUT2D eigenvalue weighted by molar-refractivity contribution is -0.00937. The predicted molar refractivity (Wildman–Crippen MR) is 48.3 cm³/mol.